The fourth-order valence-corrected chi connectivity index (χ4v) is 2.98. The summed E-state index contributed by atoms with van der Waals surface area (Å²) in [6, 6.07) is 5.74. The normalized spacial score (nSPS) is 12.7. The maximum absolute atomic E-state index is 13.7. The van der Waals surface area contributed by atoms with E-state index in [0.29, 0.717) is 9.21 Å². The average Bonchev–Trinajstić information content (AvgIpc) is 2.76. The minimum Gasteiger partial charge on any atom is -0.387 e. The number of rotatable bonds is 3. The molecule has 2 rings (SSSR count). The van der Waals surface area contributed by atoms with Gasteiger partial charge in [-0.25, -0.2) is 8.78 Å². The van der Waals surface area contributed by atoms with Gasteiger partial charge in [-0.3, -0.25) is 0 Å². The predicted octanol–water partition coefficient (Wildman–Crippen LogP) is 4.72. The van der Waals surface area contributed by atoms with Crippen molar-refractivity contribution in [2.45, 2.75) is 12.5 Å². The van der Waals surface area contributed by atoms with Crippen LogP contribution in [0.2, 0.25) is 4.34 Å². The summed E-state index contributed by atoms with van der Waals surface area (Å²) in [5, 5.41) is 9.93. The quantitative estimate of drug-likeness (QED) is 0.792. The molecule has 1 atom stereocenters. The molecule has 0 fully saturated rings. The van der Waals surface area contributed by atoms with E-state index in [4.69, 9.17) is 11.6 Å². The Morgan fingerprint density at radius 3 is 2.61 bits per heavy atom. The molecule has 0 aliphatic rings. The number of thiophene rings is 1. The van der Waals surface area contributed by atoms with Crippen LogP contribution < -0.4 is 0 Å². The van der Waals surface area contributed by atoms with Gasteiger partial charge < -0.3 is 5.11 Å². The Labute approximate surface area is 120 Å². The minimum absolute atomic E-state index is 0.131. The third-order valence-corrected chi connectivity index (χ3v) is 4.40. The summed E-state index contributed by atoms with van der Waals surface area (Å²) in [5.41, 5.74) is -0.138. The lowest BCUT2D eigenvalue weighted by atomic mass is 10.1. The Hall–Kier alpha value is -0.490. The van der Waals surface area contributed by atoms with E-state index in [1.807, 2.05) is 0 Å². The molecule has 18 heavy (non-hydrogen) atoms. The number of benzene rings is 1. The molecule has 1 heterocycles. The first-order chi connectivity index (χ1) is 8.49. The molecule has 0 radical (unpaired) electrons. The Bertz CT molecular complexity index is 573. The number of hydrogen-bond acceptors (Lipinski definition) is 2. The van der Waals surface area contributed by atoms with Crippen molar-refractivity contribution in [1.29, 1.82) is 0 Å². The van der Waals surface area contributed by atoms with Crippen LogP contribution in [-0.2, 0) is 6.42 Å². The Morgan fingerprint density at radius 2 is 2.00 bits per heavy atom. The predicted molar refractivity (Wildman–Crippen MR) is 72.1 cm³/mol. The van der Waals surface area contributed by atoms with Crippen molar-refractivity contribution in [3.63, 3.8) is 0 Å². The van der Waals surface area contributed by atoms with Gasteiger partial charge in [-0.15, -0.1) is 11.3 Å². The third kappa shape index (κ3) is 2.91. The second-order valence-corrected chi connectivity index (χ2v) is 6.28. The first-order valence-corrected chi connectivity index (χ1v) is 7.03. The Kier molecular flexibility index (Phi) is 4.37. The van der Waals surface area contributed by atoms with Gasteiger partial charge in [0.2, 0.25) is 0 Å². The summed E-state index contributed by atoms with van der Waals surface area (Å²) < 4.78 is 27.9. The molecular formula is C12H8BrClF2OS. The molecule has 1 N–H and O–H groups in total. The molecule has 1 nitrogen and oxygen atoms in total. The van der Waals surface area contributed by atoms with Crippen LogP contribution in [0.1, 0.15) is 16.5 Å². The van der Waals surface area contributed by atoms with Crippen LogP contribution >= 0.6 is 38.9 Å². The minimum atomic E-state index is -0.971. The molecule has 0 amide bonds. The zero-order valence-electron chi connectivity index (χ0n) is 8.96. The SMILES string of the molecule is OC(Cc1c(F)ccc(Br)c1F)c1ccc(Cl)s1. The molecular weight excluding hydrogens is 346 g/mol. The number of aliphatic hydroxyl groups excluding tert-OH is 1. The van der Waals surface area contributed by atoms with Gasteiger partial charge in [-0.1, -0.05) is 11.6 Å². The molecule has 0 bridgehead atoms. The smallest absolute Gasteiger partial charge is 0.143 e. The van der Waals surface area contributed by atoms with Crippen molar-refractivity contribution < 1.29 is 13.9 Å². The number of hydrogen-bond donors (Lipinski definition) is 1. The van der Waals surface area contributed by atoms with E-state index in [2.05, 4.69) is 15.9 Å². The summed E-state index contributed by atoms with van der Waals surface area (Å²) in [6.45, 7) is 0. The van der Waals surface area contributed by atoms with Gasteiger partial charge in [0, 0.05) is 16.9 Å². The molecule has 1 aromatic carbocycles. The van der Waals surface area contributed by atoms with Crippen LogP contribution in [0.25, 0.3) is 0 Å². The summed E-state index contributed by atoms with van der Waals surface area (Å²) in [4.78, 5) is 0.582. The molecule has 0 aliphatic heterocycles. The highest BCUT2D eigenvalue weighted by Gasteiger charge is 2.18. The second-order valence-electron chi connectivity index (χ2n) is 3.68. The molecule has 0 spiro atoms. The van der Waals surface area contributed by atoms with Crippen LogP contribution in [0.15, 0.2) is 28.7 Å². The molecule has 96 valence electrons. The van der Waals surface area contributed by atoms with Gasteiger partial charge in [-0.2, -0.15) is 0 Å². The molecule has 0 saturated heterocycles. The fourth-order valence-electron chi connectivity index (χ4n) is 1.56. The van der Waals surface area contributed by atoms with Crippen molar-refractivity contribution in [3.05, 3.63) is 55.1 Å². The van der Waals surface area contributed by atoms with Gasteiger partial charge in [-0.05, 0) is 40.2 Å². The highest BCUT2D eigenvalue weighted by Crippen LogP contribution is 2.31. The van der Waals surface area contributed by atoms with E-state index in [1.54, 1.807) is 12.1 Å². The monoisotopic (exact) mass is 352 g/mol. The topological polar surface area (TPSA) is 20.2 Å². The van der Waals surface area contributed by atoms with Crippen LogP contribution in [-0.4, -0.2) is 5.11 Å². The molecule has 0 aliphatic carbocycles. The standard InChI is InChI=1S/C12H8BrClF2OS/c13-7-1-2-8(15)6(12(7)16)5-9(17)10-3-4-11(14)18-10/h1-4,9,17H,5H2. The van der Waals surface area contributed by atoms with E-state index in [-0.39, 0.29) is 16.5 Å². The molecule has 2 aromatic rings. The fraction of sp³-hybridized carbons (Fsp3) is 0.167. The first kappa shape index (κ1) is 13.9. The molecule has 6 heteroatoms. The lowest BCUT2D eigenvalue weighted by molar-refractivity contribution is 0.179. The highest BCUT2D eigenvalue weighted by molar-refractivity contribution is 9.10. The largest absolute Gasteiger partial charge is 0.387 e. The van der Waals surface area contributed by atoms with Crippen LogP contribution in [0.4, 0.5) is 8.78 Å². The van der Waals surface area contributed by atoms with E-state index in [0.717, 1.165) is 6.07 Å². The number of halogens is 4. The molecule has 1 unspecified atom stereocenters. The zero-order chi connectivity index (χ0) is 13.3. The molecule has 0 saturated carbocycles. The Balaban J connectivity index is 2.27. The summed E-state index contributed by atoms with van der Waals surface area (Å²) in [7, 11) is 0. The van der Waals surface area contributed by atoms with Gasteiger partial charge in [0.05, 0.1) is 14.9 Å². The van der Waals surface area contributed by atoms with Gasteiger partial charge in [0.1, 0.15) is 11.6 Å². The lowest BCUT2D eigenvalue weighted by Crippen LogP contribution is -2.05. The van der Waals surface area contributed by atoms with E-state index < -0.39 is 17.7 Å². The average molecular weight is 354 g/mol. The van der Waals surface area contributed by atoms with E-state index >= 15 is 0 Å². The van der Waals surface area contributed by atoms with Crippen molar-refractivity contribution in [1.82, 2.24) is 0 Å². The van der Waals surface area contributed by atoms with Crippen molar-refractivity contribution in [2.75, 3.05) is 0 Å². The molecule has 1 aromatic heterocycles. The van der Waals surface area contributed by atoms with Gasteiger partial charge >= 0.3 is 0 Å². The van der Waals surface area contributed by atoms with Gasteiger partial charge in [0.15, 0.2) is 0 Å². The third-order valence-electron chi connectivity index (χ3n) is 2.46. The first-order valence-electron chi connectivity index (χ1n) is 5.04. The van der Waals surface area contributed by atoms with Crippen molar-refractivity contribution in [2.24, 2.45) is 0 Å². The summed E-state index contributed by atoms with van der Waals surface area (Å²) in [5.74, 6) is -1.35. The summed E-state index contributed by atoms with van der Waals surface area (Å²) in [6.07, 6.45) is -1.10. The summed E-state index contributed by atoms with van der Waals surface area (Å²) >= 11 is 9.93. The zero-order valence-corrected chi connectivity index (χ0v) is 12.1. The van der Waals surface area contributed by atoms with Crippen LogP contribution in [0.3, 0.4) is 0 Å². The van der Waals surface area contributed by atoms with Crippen LogP contribution in [0, 0.1) is 11.6 Å². The maximum Gasteiger partial charge on any atom is 0.143 e. The lowest BCUT2D eigenvalue weighted by Gasteiger charge is -2.11. The van der Waals surface area contributed by atoms with Crippen molar-refractivity contribution in [3.8, 4) is 0 Å². The van der Waals surface area contributed by atoms with Crippen LogP contribution in [0.5, 0.6) is 0 Å². The van der Waals surface area contributed by atoms with E-state index in [1.165, 1.54) is 17.4 Å². The van der Waals surface area contributed by atoms with E-state index in [9.17, 15) is 13.9 Å². The van der Waals surface area contributed by atoms with Crippen molar-refractivity contribution >= 4 is 38.9 Å². The highest BCUT2D eigenvalue weighted by atomic mass is 79.9. The van der Waals surface area contributed by atoms with Gasteiger partial charge in [0.25, 0.3) is 0 Å². The maximum atomic E-state index is 13.7. The Morgan fingerprint density at radius 1 is 1.28 bits per heavy atom. The number of aliphatic hydroxyl groups is 1. The second kappa shape index (κ2) is 5.65.